The maximum Gasteiger partial charge on any atom is 0.205 e. The van der Waals surface area contributed by atoms with E-state index in [1.54, 1.807) is 0 Å². The topological polar surface area (TPSA) is 43.8 Å². The van der Waals surface area contributed by atoms with Crippen molar-refractivity contribution < 1.29 is 14.2 Å². The average molecular weight is 402 g/mol. The molecule has 5 rings (SSSR count). The zero-order valence-corrected chi connectivity index (χ0v) is 17.0. The number of benzene rings is 2. The minimum atomic E-state index is -0.460. The van der Waals surface area contributed by atoms with Crippen LogP contribution in [0.3, 0.4) is 0 Å². The molecule has 3 heterocycles. The van der Waals surface area contributed by atoms with Gasteiger partial charge in [-0.05, 0) is 35.2 Å². The highest BCUT2D eigenvalue weighted by atomic mass is 16.7. The van der Waals surface area contributed by atoms with Crippen molar-refractivity contribution in [2.75, 3.05) is 19.8 Å². The van der Waals surface area contributed by atoms with Crippen LogP contribution in [0.15, 0.2) is 66.7 Å². The van der Waals surface area contributed by atoms with E-state index in [0.29, 0.717) is 19.8 Å². The van der Waals surface area contributed by atoms with E-state index in [2.05, 4.69) is 47.4 Å². The Balaban J connectivity index is 1.33. The first-order chi connectivity index (χ1) is 14.8. The molecule has 1 fully saturated rings. The molecule has 0 spiro atoms. The predicted octanol–water partition coefficient (Wildman–Crippen LogP) is 4.26. The maximum absolute atomic E-state index is 6.09. The van der Waals surface area contributed by atoms with Crippen molar-refractivity contribution in [2.45, 2.75) is 32.4 Å². The van der Waals surface area contributed by atoms with Crippen molar-refractivity contribution >= 4 is 0 Å². The van der Waals surface area contributed by atoms with Gasteiger partial charge in [-0.2, -0.15) is 0 Å². The SMILES string of the molecule is c1ccc(COc2ccc(CN3CCc4ccccc4C3)nc2C2OCCO2)cc1. The molecule has 154 valence electrons. The molecule has 1 saturated heterocycles. The number of hydrogen-bond donors (Lipinski definition) is 0. The van der Waals surface area contributed by atoms with Crippen molar-refractivity contribution in [3.05, 3.63) is 94.8 Å². The second-order valence-electron chi connectivity index (χ2n) is 7.76. The van der Waals surface area contributed by atoms with Crippen LogP contribution in [0.25, 0.3) is 0 Å². The van der Waals surface area contributed by atoms with Gasteiger partial charge in [0.15, 0.2) is 0 Å². The monoisotopic (exact) mass is 402 g/mol. The summed E-state index contributed by atoms with van der Waals surface area (Å²) in [5, 5.41) is 0. The van der Waals surface area contributed by atoms with Crippen molar-refractivity contribution in [2.24, 2.45) is 0 Å². The Labute approximate surface area is 177 Å². The van der Waals surface area contributed by atoms with Crippen LogP contribution in [-0.2, 0) is 35.6 Å². The van der Waals surface area contributed by atoms with Crippen LogP contribution in [0.1, 0.15) is 34.4 Å². The van der Waals surface area contributed by atoms with E-state index in [1.807, 2.05) is 24.3 Å². The van der Waals surface area contributed by atoms with Crippen LogP contribution < -0.4 is 4.74 Å². The fraction of sp³-hybridized carbons (Fsp3) is 0.320. The Hall–Kier alpha value is -2.73. The fourth-order valence-corrected chi connectivity index (χ4v) is 4.05. The number of ether oxygens (including phenoxy) is 3. The van der Waals surface area contributed by atoms with E-state index < -0.39 is 6.29 Å². The number of fused-ring (bicyclic) bond motifs is 1. The largest absolute Gasteiger partial charge is 0.487 e. The van der Waals surface area contributed by atoms with E-state index in [0.717, 1.165) is 48.8 Å². The molecule has 5 heteroatoms. The van der Waals surface area contributed by atoms with Crippen LogP contribution >= 0.6 is 0 Å². The lowest BCUT2D eigenvalue weighted by atomic mass is 10.00. The van der Waals surface area contributed by atoms with Crippen LogP contribution in [-0.4, -0.2) is 29.6 Å². The molecule has 0 aliphatic carbocycles. The summed E-state index contributed by atoms with van der Waals surface area (Å²) in [7, 11) is 0. The molecule has 2 aliphatic rings. The second kappa shape index (κ2) is 8.96. The predicted molar refractivity (Wildman–Crippen MR) is 114 cm³/mol. The van der Waals surface area contributed by atoms with Crippen LogP contribution in [0.5, 0.6) is 5.75 Å². The van der Waals surface area contributed by atoms with E-state index in [9.17, 15) is 0 Å². The van der Waals surface area contributed by atoms with Crippen LogP contribution in [0.4, 0.5) is 0 Å². The molecule has 0 unspecified atom stereocenters. The van der Waals surface area contributed by atoms with Crippen molar-refractivity contribution in [1.82, 2.24) is 9.88 Å². The van der Waals surface area contributed by atoms with Gasteiger partial charge in [0.1, 0.15) is 18.1 Å². The molecule has 1 aromatic heterocycles. The average Bonchev–Trinajstić information content (AvgIpc) is 3.34. The summed E-state index contributed by atoms with van der Waals surface area (Å²) in [6.45, 7) is 4.44. The van der Waals surface area contributed by atoms with Crippen LogP contribution in [0, 0.1) is 0 Å². The molecule has 2 aromatic carbocycles. The molecule has 30 heavy (non-hydrogen) atoms. The van der Waals surface area contributed by atoms with Gasteiger partial charge in [0, 0.05) is 19.6 Å². The Kier molecular flexibility index (Phi) is 5.75. The Bertz CT molecular complexity index is 987. The molecule has 0 atom stereocenters. The smallest absolute Gasteiger partial charge is 0.205 e. The molecule has 0 N–H and O–H groups in total. The lowest BCUT2D eigenvalue weighted by Gasteiger charge is -2.28. The number of hydrogen-bond acceptors (Lipinski definition) is 5. The normalized spacial score (nSPS) is 17.1. The molecule has 3 aromatic rings. The number of aromatic nitrogens is 1. The third-order valence-electron chi connectivity index (χ3n) is 5.62. The standard InChI is InChI=1S/C25H26N2O3/c1-2-6-19(7-3-1)18-30-23-11-10-22(26-24(23)25-28-14-15-29-25)17-27-13-12-20-8-4-5-9-21(20)16-27/h1-11,25H,12-18H2. The lowest BCUT2D eigenvalue weighted by molar-refractivity contribution is -0.0493. The first kappa shape index (κ1) is 19.2. The summed E-state index contributed by atoms with van der Waals surface area (Å²) >= 11 is 0. The van der Waals surface area contributed by atoms with Gasteiger partial charge in [-0.15, -0.1) is 0 Å². The molecule has 0 bridgehead atoms. The third-order valence-corrected chi connectivity index (χ3v) is 5.62. The number of nitrogens with zero attached hydrogens (tertiary/aromatic N) is 2. The molecular weight excluding hydrogens is 376 g/mol. The maximum atomic E-state index is 6.09. The Morgan fingerprint density at radius 2 is 1.67 bits per heavy atom. The van der Waals surface area contributed by atoms with Gasteiger partial charge in [-0.25, -0.2) is 4.98 Å². The van der Waals surface area contributed by atoms with Gasteiger partial charge in [0.2, 0.25) is 6.29 Å². The molecule has 2 aliphatic heterocycles. The molecule has 0 saturated carbocycles. The van der Waals surface area contributed by atoms with Crippen LogP contribution in [0.2, 0.25) is 0 Å². The molecule has 0 amide bonds. The summed E-state index contributed by atoms with van der Waals surface area (Å²) in [4.78, 5) is 7.34. The third kappa shape index (κ3) is 4.38. The Morgan fingerprint density at radius 1 is 0.900 bits per heavy atom. The summed E-state index contributed by atoms with van der Waals surface area (Å²) < 4.78 is 17.6. The van der Waals surface area contributed by atoms with Gasteiger partial charge in [-0.3, -0.25) is 4.90 Å². The highest BCUT2D eigenvalue weighted by Gasteiger charge is 2.25. The van der Waals surface area contributed by atoms with Crippen molar-refractivity contribution in [1.29, 1.82) is 0 Å². The van der Waals surface area contributed by atoms with Gasteiger partial charge in [0.25, 0.3) is 0 Å². The highest BCUT2D eigenvalue weighted by Crippen LogP contribution is 2.31. The van der Waals surface area contributed by atoms with E-state index in [-0.39, 0.29) is 0 Å². The first-order valence-electron chi connectivity index (χ1n) is 10.5. The van der Waals surface area contributed by atoms with E-state index >= 15 is 0 Å². The zero-order chi connectivity index (χ0) is 20.2. The minimum Gasteiger partial charge on any atom is -0.487 e. The van der Waals surface area contributed by atoms with Crippen molar-refractivity contribution in [3.63, 3.8) is 0 Å². The van der Waals surface area contributed by atoms with Gasteiger partial charge < -0.3 is 14.2 Å². The molecular formula is C25H26N2O3. The van der Waals surface area contributed by atoms with Gasteiger partial charge >= 0.3 is 0 Å². The zero-order valence-electron chi connectivity index (χ0n) is 17.0. The molecule has 5 nitrogen and oxygen atoms in total. The quantitative estimate of drug-likeness (QED) is 0.616. The second-order valence-corrected chi connectivity index (χ2v) is 7.76. The van der Waals surface area contributed by atoms with E-state index in [1.165, 1.54) is 11.1 Å². The summed E-state index contributed by atoms with van der Waals surface area (Å²) in [5.74, 6) is 0.721. The Morgan fingerprint density at radius 3 is 2.50 bits per heavy atom. The summed E-state index contributed by atoms with van der Waals surface area (Å²) in [5.41, 5.74) is 5.73. The molecule has 0 radical (unpaired) electrons. The van der Waals surface area contributed by atoms with Crippen molar-refractivity contribution in [3.8, 4) is 5.75 Å². The number of pyridine rings is 1. The minimum absolute atomic E-state index is 0.460. The lowest BCUT2D eigenvalue weighted by Crippen LogP contribution is -2.30. The van der Waals surface area contributed by atoms with Gasteiger partial charge in [0.05, 0.1) is 18.9 Å². The van der Waals surface area contributed by atoms with Gasteiger partial charge in [-0.1, -0.05) is 54.6 Å². The number of rotatable bonds is 6. The first-order valence-corrected chi connectivity index (χ1v) is 10.5. The summed E-state index contributed by atoms with van der Waals surface area (Å²) in [6, 6.07) is 22.9. The van der Waals surface area contributed by atoms with E-state index in [4.69, 9.17) is 19.2 Å². The summed E-state index contributed by atoms with van der Waals surface area (Å²) in [6.07, 6.45) is 0.619. The highest BCUT2D eigenvalue weighted by molar-refractivity contribution is 5.32. The fourth-order valence-electron chi connectivity index (χ4n) is 4.05.